The molecule has 0 saturated heterocycles. The molecule has 2 aromatic heterocycles. The van der Waals surface area contributed by atoms with Crippen molar-refractivity contribution in [2.24, 2.45) is 0 Å². The van der Waals surface area contributed by atoms with E-state index in [9.17, 15) is 9.59 Å². The van der Waals surface area contributed by atoms with Gasteiger partial charge < -0.3 is 5.32 Å². The van der Waals surface area contributed by atoms with Crippen molar-refractivity contribution in [3.05, 3.63) is 86.8 Å². The molecule has 0 unspecified atom stereocenters. The first-order valence-corrected chi connectivity index (χ1v) is 10.5. The van der Waals surface area contributed by atoms with Gasteiger partial charge in [-0.15, -0.1) is 0 Å². The van der Waals surface area contributed by atoms with Crippen LogP contribution in [0.3, 0.4) is 0 Å². The van der Waals surface area contributed by atoms with Gasteiger partial charge in [-0.25, -0.2) is 4.68 Å². The second-order valence-corrected chi connectivity index (χ2v) is 7.97. The Kier molecular flexibility index (Phi) is 5.65. The monoisotopic (exact) mass is 434 g/mol. The van der Waals surface area contributed by atoms with E-state index in [1.165, 1.54) is 4.57 Å². The van der Waals surface area contributed by atoms with Crippen molar-refractivity contribution in [1.29, 1.82) is 0 Å². The number of fused-ring (bicyclic) bond motifs is 1. The number of benzene rings is 2. The van der Waals surface area contributed by atoms with E-state index < -0.39 is 0 Å². The molecule has 2 heterocycles. The van der Waals surface area contributed by atoms with E-state index in [-0.39, 0.29) is 18.0 Å². The van der Waals surface area contributed by atoms with Gasteiger partial charge in [-0.05, 0) is 62.2 Å². The van der Waals surface area contributed by atoms with Crippen molar-refractivity contribution in [2.45, 2.75) is 33.7 Å². The maximum absolute atomic E-state index is 13.0. The third-order valence-corrected chi connectivity index (χ3v) is 5.52. The SMILES string of the molecule is CCc1cc(=O)n(CC(=O)Nc2ccc(Cl)cc2)c2c1c(C)nn2-c1ccc(C)cc1. The summed E-state index contributed by atoms with van der Waals surface area (Å²) < 4.78 is 3.24. The van der Waals surface area contributed by atoms with Crippen LogP contribution < -0.4 is 10.9 Å². The summed E-state index contributed by atoms with van der Waals surface area (Å²) in [6.07, 6.45) is 0.698. The van der Waals surface area contributed by atoms with Gasteiger partial charge >= 0.3 is 0 Å². The summed E-state index contributed by atoms with van der Waals surface area (Å²) >= 11 is 5.91. The molecule has 158 valence electrons. The lowest BCUT2D eigenvalue weighted by Crippen LogP contribution is -2.29. The van der Waals surface area contributed by atoms with Gasteiger partial charge in [0.1, 0.15) is 12.2 Å². The fourth-order valence-corrected chi connectivity index (χ4v) is 3.84. The zero-order valence-corrected chi connectivity index (χ0v) is 18.4. The van der Waals surface area contributed by atoms with E-state index in [2.05, 4.69) is 5.32 Å². The lowest BCUT2D eigenvalue weighted by molar-refractivity contribution is -0.116. The molecule has 0 aliphatic rings. The summed E-state index contributed by atoms with van der Waals surface area (Å²) in [5, 5.41) is 9.03. The quantitative estimate of drug-likeness (QED) is 0.496. The van der Waals surface area contributed by atoms with Crippen LogP contribution in [0.25, 0.3) is 16.7 Å². The highest BCUT2D eigenvalue weighted by molar-refractivity contribution is 6.30. The van der Waals surface area contributed by atoms with E-state index >= 15 is 0 Å². The third-order valence-electron chi connectivity index (χ3n) is 5.27. The first kappa shape index (κ1) is 20.9. The maximum Gasteiger partial charge on any atom is 0.252 e. The van der Waals surface area contributed by atoms with Gasteiger partial charge in [-0.3, -0.25) is 14.2 Å². The second kappa shape index (κ2) is 8.40. The van der Waals surface area contributed by atoms with Gasteiger partial charge in [0.2, 0.25) is 5.91 Å². The van der Waals surface area contributed by atoms with Crippen LogP contribution in [0.1, 0.15) is 23.7 Å². The summed E-state index contributed by atoms with van der Waals surface area (Å²) in [5.41, 5.74) is 4.71. The number of nitrogens with zero attached hydrogens (tertiary/aromatic N) is 3. The first-order valence-electron chi connectivity index (χ1n) is 10.1. The van der Waals surface area contributed by atoms with E-state index in [1.807, 2.05) is 45.0 Å². The van der Waals surface area contributed by atoms with E-state index in [4.69, 9.17) is 16.7 Å². The van der Waals surface area contributed by atoms with Crippen LogP contribution in [-0.2, 0) is 17.8 Å². The Labute approximate surface area is 185 Å². The van der Waals surface area contributed by atoms with Gasteiger partial charge in [-0.1, -0.05) is 36.2 Å². The number of anilines is 1. The summed E-state index contributed by atoms with van der Waals surface area (Å²) in [7, 11) is 0. The van der Waals surface area contributed by atoms with Gasteiger partial charge in [0, 0.05) is 22.2 Å². The number of nitrogens with one attached hydrogen (secondary N) is 1. The van der Waals surface area contributed by atoms with Crippen molar-refractivity contribution < 1.29 is 4.79 Å². The first-order chi connectivity index (χ1) is 14.9. The van der Waals surface area contributed by atoms with Gasteiger partial charge in [-0.2, -0.15) is 5.10 Å². The predicted molar refractivity (Wildman–Crippen MR) is 124 cm³/mol. The fourth-order valence-electron chi connectivity index (χ4n) is 3.72. The zero-order chi connectivity index (χ0) is 22.1. The number of carbonyl (C=O) groups is 1. The molecule has 2 aromatic carbocycles. The summed E-state index contributed by atoms with van der Waals surface area (Å²) in [5.74, 6) is -0.302. The molecule has 4 aromatic rings. The molecule has 1 N–H and O–H groups in total. The Morgan fingerprint density at radius 1 is 1.06 bits per heavy atom. The second-order valence-electron chi connectivity index (χ2n) is 7.53. The normalized spacial score (nSPS) is 11.1. The fraction of sp³-hybridized carbons (Fsp3) is 0.208. The maximum atomic E-state index is 13.0. The van der Waals surface area contributed by atoms with Crippen LogP contribution in [0.2, 0.25) is 5.02 Å². The number of rotatable bonds is 5. The van der Waals surface area contributed by atoms with Gasteiger partial charge in [0.25, 0.3) is 5.56 Å². The van der Waals surface area contributed by atoms with Crippen molar-refractivity contribution in [3.63, 3.8) is 0 Å². The van der Waals surface area contributed by atoms with Crippen LogP contribution in [0.15, 0.2) is 59.4 Å². The minimum Gasteiger partial charge on any atom is -0.325 e. The van der Waals surface area contributed by atoms with Crippen molar-refractivity contribution in [3.8, 4) is 5.69 Å². The highest BCUT2D eigenvalue weighted by atomic mass is 35.5. The zero-order valence-electron chi connectivity index (χ0n) is 17.6. The molecule has 0 fully saturated rings. The molecular formula is C24H23ClN4O2. The van der Waals surface area contributed by atoms with E-state index in [1.54, 1.807) is 35.0 Å². The number of aromatic nitrogens is 3. The van der Waals surface area contributed by atoms with E-state index in [0.29, 0.717) is 22.8 Å². The van der Waals surface area contributed by atoms with E-state index in [0.717, 1.165) is 27.9 Å². The molecule has 0 spiro atoms. The molecule has 0 saturated carbocycles. The molecule has 1 amide bonds. The Hall–Kier alpha value is -3.38. The highest BCUT2D eigenvalue weighted by Crippen LogP contribution is 2.25. The topological polar surface area (TPSA) is 68.9 Å². The number of hydrogen-bond acceptors (Lipinski definition) is 3. The summed E-state index contributed by atoms with van der Waals surface area (Å²) in [6, 6.07) is 16.4. The number of pyridine rings is 1. The average molecular weight is 435 g/mol. The molecule has 7 heteroatoms. The molecular weight excluding hydrogens is 412 g/mol. The molecule has 0 bridgehead atoms. The van der Waals surface area contributed by atoms with Crippen LogP contribution >= 0.6 is 11.6 Å². The molecule has 31 heavy (non-hydrogen) atoms. The average Bonchev–Trinajstić information content (AvgIpc) is 3.09. The number of amides is 1. The molecule has 4 rings (SSSR count). The molecule has 0 atom stereocenters. The molecule has 0 aliphatic carbocycles. The molecule has 6 nitrogen and oxygen atoms in total. The third kappa shape index (κ3) is 4.11. The standard InChI is InChI=1S/C24H23ClN4O2/c1-4-17-13-22(31)28(14-21(30)26-19-9-7-18(25)8-10-19)24-23(17)16(3)27-29(24)20-11-5-15(2)6-12-20/h5-13H,4,14H2,1-3H3,(H,26,30). The smallest absolute Gasteiger partial charge is 0.252 e. The van der Waals surface area contributed by atoms with Crippen LogP contribution in [0, 0.1) is 13.8 Å². The Morgan fingerprint density at radius 3 is 2.39 bits per heavy atom. The number of hydrogen-bond donors (Lipinski definition) is 1. The Balaban J connectivity index is 1.83. The van der Waals surface area contributed by atoms with Crippen molar-refractivity contribution >= 4 is 34.2 Å². The highest BCUT2D eigenvalue weighted by Gasteiger charge is 2.19. The number of halogens is 1. The van der Waals surface area contributed by atoms with Crippen LogP contribution in [0.4, 0.5) is 5.69 Å². The van der Waals surface area contributed by atoms with Crippen molar-refractivity contribution in [2.75, 3.05) is 5.32 Å². The number of carbonyl (C=O) groups excluding carboxylic acids is 1. The van der Waals surface area contributed by atoms with Gasteiger partial charge in [0.05, 0.1) is 11.4 Å². The minimum absolute atomic E-state index is 0.126. The van der Waals surface area contributed by atoms with Crippen molar-refractivity contribution in [1.82, 2.24) is 14.3 Å². The lowest BCUT2D eigenvalue weighted by Gasteiger charge is -2.13. The lowest BCUT2D eigenvalue weighted by atomic mass is 10.1. The van der Waals surface area contributed by atoms with Crippen LogP contribution in [-0.4, -0.2) is 20.3 Å². The molecule has 0 radical (unpaired) electrons. The predicted octanol–water partition coefficient (Wildman–Crippen LogP) is 4.66. The Bertz CT molecular complexity index is 1320. The summed E-state index contributed by atoms with van der Waals surface area (Å²) in [4.78, 5) is 25.8. The number of aryl methyl sites for hydroxylation is 3. The minimum atomic E-state index is -0.302. The Morgan fingerprint density at radius 2 is 1.74 bits per heavy atom. The van der Waals surface area contributed by atoms with Crippen LogP contribution in [0.5, 0.6) is 0 Å². The molecule has 0 aliphatic heterocycles. The largest absolute Gasteiger partial charge is 0.325 e. The summed E-state index contributed by atoms with van der Waals surface area (Å²) in [6.45, 7) is 5.82. The van der Waals surface area contributed by atoms with Gasteiger partial charge in [0.15, 0.2) is 0 Å².